The van der Waals surface area contributed by atoms with Gasteiger partial charge < -0.3 is 9.84 Å². The highest BCUT2D eigenvalue weighted by molar-refractivity contribution is 6.31. The van der Waals surface area contributed by atoms with Crippen molar-refractivity contribution >= 4 is 11.6 Å². The van der Waals surface area contributed by atoms with Crippen molar-refractivity contribution in [2.45, 2.75) is 13.0 Å². The summed E-state index contributed by atoms with van der Waals surface area (Å²) in [4.78, 5) is 0. The van der Waals surface area contributed by atoms with Gasteiger partial charge in [-0.05, 0) is 30.7 Å². The minimum Gasteiger partial charge on any atom is -0.491 e. The number of halogens is 1. The van der Waals surface area contributed by atoms with Crippen LogP contribution in [0.25, 0.3) is 0 Å². The molecule has 1 N–H and O–H groups in total. The van der Waals surface area contributed by atoms with E-state index in [4.69, 9.17) is 16.3 Å². The lowest BCUT2D eigenvalue weighted by molar-refractivity contribution is 0.108. The summed E-state index contributed by atoms with van der Waals surface area (Å²) in [5.41, 5.74) is 1.81. The Bertz CT molecular complexity index is 525. The van der Waals surface area contributed by atoms with Crippen LogP contribution in [0.3, 0.4) is 0 Å². The molecule has 2 aromatic carbocycles. The van der Waals surface area contributed by atoms with Gasteiger partial charge in [-0.3, -0.25) is 0 Å². The van der Waals surface area contributed by atoms with Crippen LogP contribution < -0.4 is 4.74 Å². The van der Waals surface area contributed by atoms with Gasteiger partial charge in [0, 0.05) is 10.6 Å². The van der Waals surface area contributed by atoms with Gasteiger partial charge in [-0.1, -0.05) is 41.9 Å². The highest BCUT2D eigenvalue weighted by atomic mass is 35.5. The predicted octanol–water partition coefficient (Wildman–Crippen LogP) is 3.76. The molecule has 0 bridgehead atoms. The molecule has 0 saturated heterocycles. The first kappa shape index (κ1) is 12.9. The number of ether oxygens (including phenoxy) is 1. The average molecular weight is 263 g/mol. The second-order valence-electron chi connectivity index (χ2n) is 4.16. The first-order valence-electron chi connectivity index (χ1n) is 5.79. The van der Waals surface area contributed by atoms with Gasteiger partial charge in [-0.25, -0.2) is 0 Å². The van der Waals surface area contributed by atoms with Crippen LogP contribution in [-0.4, -0.2) is 11.7 Å². The molecule has 0 heterocycles. The Labute approximate surface area is 112 Å². The zero-order chi connectivity index (χ0) is 13.0. The van der Waals surface area contributed by atoms with Gasteiger partial charge in [0.2, 0.25) is 0 Å². The lowest BCUT2D eigenvalue weighted by atomic mass is 10.1. The van der Waals surface area contributed by atoms with Crippen LogP contribution in [0.15, 0.2) is 48.5 Å². The molecule has 0 amide bonds. The van der Waals surface area contributed by atoms with Gasteiger partial charge >= 0.3 is 0 Å². The molecule has 1 atom stereocenters. The molecular weight excluding hydrogens is 248 g/mol. The zero-order valence-electron chi connectivity index (χ0n) is 10.1. The van der Waals surface area contributed by atoms with Gasteiger partial charge in [0.25, 0.3) is 0 Å². The van der Waals surface area contributed by atoms with Crippen molar-refractivity contribution in [2.75, 3.05) is 6.61 Å². The summed E-state index contributed by atoms with van der Waals surface area (Å²) in [6, 6.07) is 15.0. The molecule has 0 spiro atoms. The number of aryl methyl sites for hydroxylation is 1. The third-order valence-corrected chi connectivity index (χ3v) is 3.01. The SMILES string of the molecule is Cc1cccc(OCC(O)c2ccccc2Cl)c1. The fraction of sp³-hybridized carbons (Fsp3) is 0.200. The number of aliphatic hydroxyl groups is 1. The van der Waals surface area contributed by atoms with Gasteiger partial charge in [0.1, 0.15) is 18.5 Å². The van der Waals surface area contributed by atoms with Crippen molar-refractivity contribution in [2.24, 2.45) is 0 Å². The van der Waals surface area contributed by atoms with Crippen molar-refractivity contribution in [3.8, 4) is 5.75 Å². The summed E-state index contributed by atoms with van der Waals surface area (Å²) in [6.45, 7) is 2.19. The Balaban J connectivity index is 2.00. The Morgan fingerprint density at radius 1 is 1.17 bits per heavy atom. The molecule has 0 aromatic heterocycles. The van der Waals surface area contributed by atoms with E-state index in [2.05, 4.69) is 0 Å². The lowest BCUT2D eigenvalue weighted by Crippen LogP contribution is -2.10. The van der Waals surface area contributed by atoms with Gasteiger partial charge in [0.05, 0.1) is 0 Å². The number of hydrogen-bond acceptors (Lipinski definition) is 2. The van der Waals surface area contributed by atoms with E-state index in [1.807, 2.05) is 43.3 Å². The van der Waals surface area contributed by atoms with Crippen LogP contribution in [0.1, 0.15) is 17.2 Å². The monoisotopic (exact) mass is 262 g/mol. The average Bonchev–Trinajstić information content (AvgIpc) is 2.37. The topological polar surface area (TPSA) is 29.5 Å². The van der Waals surface area contributed by atoms with Crippen molar-refractivity contribution in [3.05, 3.63) is 64.7 Å². The van der Waals surface area contributed by atoms with Crippen molar-refractivity contribution in [1.29, 1.82) is 0 Å². The minimum absolute atomic E-state index is 0.188. The quantitative estimate of drug-likeness (QED) is 0.909. The predicted molar refractivity (Wildman–Crippen MR) is 73.1 cm³/mol. The molecule has 1 unspecified atom stereocenters. The standard InChI is InChI=1S/C15H15ClO2/c1-11-5-4-6-12(9-11)18-10-15(17)13-7-2-3-8-14(13)16/h2-9,15,17H,10H2,1H3. The Morgan fingerprint density at radius 3 is 2.67 bits per heavy atom. The summed E-state index contributed by atoms with van der Waals surface area (Å²) in [5, 5.41) is 10.6. The second-order valence-corrected chi connectivity index (χ2v) is 4.57. The molecule has 3 heteroatoms. The summed E-state index contributed by atoms with van der Waals surface area (Å²) >= 11 is 6.01. The molecule has 0 saturated carbocycles. The van der Waals surface area contributed by atoms with E-state index in [1.54, 1.807) is 12.1 Å². The Hall–Kier alpha value is -1.51. The minimum atomic E-state index is -0.723. The molecular formula is C15H15ClO2. The zero-order valence-corrected chi connectivity index (χ0v) is 10.9. The highest BCUT2D eigenvalue weighted by Gasteiger charge is 2.11. The van der Waals surface area contributed by atoms with Crippen LogP contribution in [0.4, 0.5) is 0 Å². The maximum atomic E-state index is 10.0. The Kier molecular flexibility index (Phi) is 4.24. The summed E-state index contributed by atoms with van der Waals surface area (Å²) < 4.78 is 5.55. The molecule has 0 aliphatic rings. The second kappa shape index (κ2) is 5.89. The van der Waals surface area contributed by atoms with Gasteiger partial charge in [-0.15, -0.1) is 0 Å². The van der Waals surface area contributed by atoms with Crippen LogP contribution >= 0.6 is 11.6 Å². The summed E-state index contributed by atoms with van der Waals surface area (Å²) in [6.07, 6.45) is -0.723. The molecule has 94 valence electrons. The molecule has 18 heavy (non-hydrogen) atoms. The van der Waals surface area contributed by atoms with E-state index in [1.165, 1.54) is 0 Å². The number of rotatable bonds is 4. The number of aliphatic hydroxyl groups excluding tert-OH is 1. The van der Waals surface area contributed by atoms with E-state index < -0.39 is 6.10 Å². The maximum Gasteiger partial charge on any atom is 0.119 e. The number of hydrogen-bond donors (Lipinski definition) is 1. The highest BCUT2D eigenvalue weighted by Crippen LogP contribution is 2.23. The van der Waals surface area contributed by atoms with Crippen molar-refractivity contribution in [1.82, 2.24) is 0 Å². The fourth-order valence-electron chi connectivity index (χ4n) is 1.72. The van der Waals surface area contributed by atoms with Crippen LogP contribution in [0.2, 0.25) is 5.02 Å². The van der Waals surface area contributed by atoms with E-state index in [9.17, 15) is 5.11 Å². The van der Waals surface area contributed by atoms with E-state index in [-0.39, 0.29) is 6.61 Å². The maximum absolute atomic E-state index is 10.0. The van der Waals surface area contributed by atoms with Gasteiger partial charge in [0.15, 0.2) is 0 Å². The van der Waals surface area contributed by atoms with E-state index >= 15 is 0 Å². The third-order valence-electron chi connectivity index (χ3n) is 2.66. The molecule has 2 aromatic rings. The molecule has 0 radical (unpaired) electrons. The molecule has 0 fully saturated rings. The van der Waals surface area contributed by atoms with Crippen LogP contribution in [-0.2, 0) is 0 Å². The van der Waals surface area contributed by atoms with E-state index in [0.717, 1.165) is 11.3 Å². The largest absolute Gasteiger partial charge is 0.491 e. The molecule has 2 nitrogen and oxygen atoms in total. The van der Waals surface area contributed by atoms with Crippen molar-refractivity contribution in [3.63, 3.8) is 0 Å². The van der Waals surface area contributed by atoms with Crippen molar-refractivity contribution < 1.29 is 9.84 Å². The molecule has 0 aliphatic heterocycles. The first-order chi connectivity index (χ1) is 8.66. The molecule has 2 rings (SSSR count). The fourth-order valence-corrected chi connectivity index (χ4v) is 1.98. The summed E-state index contributed by atoms with van der Waals surface area (Å²) in [5.74, 6) is 0.751. The third kappa shape index (κ3) is 3.25. The first-order valence-corrected chi connectivity index (χ1v) is 6.16. The van der Waals surface area contributed by atoms with E-state index in [0.29, 0.717) is 10.6 Å². The summed E-state index contributed by atoms with van der Waals surface area (Å²) in [7, 11) is 0. The van der Waals surface area contributed by atoms with Crippen LogP contribution in [0, 0.1) is 6.92 Å². The molecule has 0 aliphatic carbocycles. The van der Waals surface area contributed by atoms with Gasteiger partial charge in [-0.2, -0.15) is 0 Å². The Morgan fingerprint density at radius 2 is 1.94 bits per heavy atom. The van der Waals surface area contributed by atoms with Crippen LogP contribution in [0.5, 0.6) is 5.75 Å². The normalized spacial score (nSPS) is 12.2. The lowest BCUT2D eigenvalue weighted by Gasteiger charge is -2.14. The smallest absolute Gasteiger partial charge is 0.119 e. The number of benzene rings is 2.